The number of ether oxygens (including phenoxy) is 2. The van der Waals surface area contributed by atoms with Gasteiger partial charge in [0.1, 0.15) is 11.9 Å². The molecule has 27 heavy (non-hydrogen) atoms. The van der Waals surface area contributed by atoms with E-state index in [0.29, 0.717) is 19.0 Å². The number of benzene rings is 1. The van der Waals surface area contributed by atoms with Crippen LogP contribution in [0, 0.1) is 17.5 Å². The molecule has 1 heterocycles. The maximum Gasteiger partial charge on any atom is 0.410 e. The minimum atomic E-state index is -1.23. The molecule has 2 atom stereocenters. The molecule has 0 unspecified atom stereocenters. The molecule has 3 rings (SSSR count). The Kier molecular flexibility index (Phi) is 6.92. The van der Waals surface area contributed by atoms with Crippen LogP contribution in [0.3, 0.4) is 0 Å². The molecule has 1 aromatic rings. The second-order valence-corrected chi connectivity index (χ2v) is 7.94. The third kappa shape index (κ3) is 5.31. The maximum atomic E-state index is 13.7. The molecule has 4 nitrogen and oxygen atoms in total. The van der Waals surface area contributed by atoms with Crippen LogP contribution in [0.25, 0.3) is 0 Å². The Morgan fingerprint density at radius 1 is 1.11 bits per heavy atom. The molecule has 1 aromatic carbocycles. The summed E-state index contributed by atoms with van der Waals surface area (Å²) >= 11 is 4.45. The van der Waals surface area contributed by atoms with E-state index in [0.717, 1.165) is 31.7 Å². The van der Waals surface area contributed by atoms with Crippen LogP contribution in [0.4, 0.5) is 18.0 Å². The Balaban J connectivity index is 1.53. The van der Waals surface area contributed by atoms with Crippen LogP contribution in [0.2, 0.25) is 0 Å². The van der Waals surface area contributed by atoms with E-state index in [4.69, 9.17) is 9.47 Å². The fraction of sp³-hybridized carbons (Fsp3) is 0.632. The van der Waals surface area contributed by atoms with E-state index in [9.17, 15) is 18.0 Å². The van der Waals surface area contributed by atoms with Gasteiger partial charge in [-0.15, -0.1) is 0 Å². The summed E-state index contributed by atoms with van der Waals surface area (Å²) in [7, 11) is 0. The van der Waals surface area contributed by atoms with Crippen molar-refractivity contribution in [2.75, 3.05) is 13.2 Å². The van der Waals surface area contributed by atoms with Crippen LogP contribution >= 0.6 is 12.6 Å². The zero-order valence-electron chi connectivity index (χ0n) is 15.0. The minimum Gasteiger partial charge on any atom is -0.446 e. The first-order chi connectivity index (χ1) is 12.9. The molecule has 1 aliphatic carbocycles. The van der Waals surface area contributed by atoms with Gasteiger partial charge in [-0.2, -0.15) is 12.6 Å². The van der Waals surface area contributed by atoms with Crippen molar-refractivity contribution in [3.63, 3.8) is 0 Å². The van der Waals surface area contributed by atoms with Crippen LogP contribution in [-0.2, 0) is 16.1 Å². The van der Waals surface area contributed by atoms with E-state index in [1.54, 1.807) is 4.90 Å². The SMILES string of the molecule is O=C(OC1CCCCC1)N1C[C@H](S)C[C@H]1COCc1cc(F)c(F)cc1F. The molecule has 2 aliphatic rings. The van der Waals surface area contributed by atoms with Crippen molar-refractivity contribution >= 4 is 18.7 Å². The number of thiol groups is 1. The van der Waals surface area contributed by atoms with Crippen molar-refractivity contribution in [2.24, 2.45) is 0 Å². The summed E-state index contributed by atoms with van der Waals surface area (Å²) < 4.78 is 51.0. The molecule has 1 saturated carbocycles. The lowest BCUT2D eigenvalue weighted by Gasteiger charge is -2.28. The summed E-state index contributed by atoms with van der Waals surface area (Å²) in [5.41, 5.74) is -0.0642. The zero-order chi connectivity index (χ0) is 19.4. The number of carbonyl (C=O) groups excluding carboxylic acids is 1. The molecule has 0 aromatic heterocycles. The van der Waals surface area contributed by atoms with E-state index < -0.39 is 17.5 Å². The van der Waals surface area contributed by atoms with Gasteiger partial charge in [0.15, 0.2) is 11.6 Å². The average molecular weight is 403 g/mol. The molecule has 0 spiro atoms. The fourth-order valence-electron chi connectivity index (χ4n) is 3.65. The first kappa shape index (κ1) is 20.3. The third-order valence-corrected chi connectivity index (χ3v) is 5.48. The fourth-order valence-corrected chi connectivity index (χ4v) is 4.07. The highest BCUT2D eigenvalue weighted by molar-refractivity contribution is 7.81. The topological polar surface area (TPSA) is 38.8 Å². The lowest BCUT2D eigenvalue weighted by Crippen LogP contribution is -2.40. The van der Waals surface area contributed by atoms with E-state index in [1.807, 2.05) is 0 Å². The summed E-state index contributed by atoms with van der Waals surface area (Å²) in [4.78, 5) is 14.1. The molecule has 1 amide bonds. The van der Waals surface area contributed by atoms with Gasteiger partial charge in [0.05, 0.1) is 19.3 Å². The van der Waals surface area contributed by atoms with Gasteiger partial charge in [-0.25, -0.2) is 18.0 Å². The maximum absolute atomic E-state index is 13.7. The Morgan fingerprint density at radius 3 is 2.56 bits per heavy atom. The summed E-state index contributed by atoms with van der Waals surface area (Å²) in [5.74, 6) is -3.22. The number of hydrogen-bond donors (Lipinski definition) is 1. The van der Waals surface area contributed by atoms with Gasteiger partial charge in [-0.1, -0.05) is 6.42 Å². The molecule has 8 heteroatoms. The van der Waals surface area contributed by atoms with Crippen molar-refractivity contribution in [2.45, 2.75) is 62.5 Å². The van der Waals surface area contributed by atoms with E-state index >= 15 is 0 Å². The van der Waals surface area contributed by atoms with E-state index in [2.05, 4.69) is 12.6 Å². The number of carbonyl (C=O) groups is 1. The second-order valence-electron chi connectivity index (χ2n) is 7.21. The van der Waals surface area contributed by atoms with E-state index in [-0.39, 0.29) is 42.3 Å². The summed E-state index contributed by atoms with van der Waals surface area (Å²) in [6, 6.07) is 1.05. The number of nitrogens with zero attached hydrogens (tertiary/aromatic N) is 1. The number of halogens is 3. The predicted molar refractivity (Wildman–Crippen MR) is 97.2 cm³/mol. The highest BCUT2D eigenvalue weighted by Crippen LogP contribution is 2.26. The Morgan fingerprint density at radius 2 is 1.81 bits per heavy atom. The molecule has 0 N–H and O–H groups in total. The highest BCUT2D eigenvalue weighted by atomic mass is 32.1. The molecule has 0 bridgehead atoms. The molecule has 2 fully saturated rings. The van der Waals surface area contributed by atoms with Crippen molar-refractivity contribution in [3.05, 3.63) is 35.1 Å². The third-order valence-electron chi connectivity index (χ3n) is 5.10. The number of amides is 1. The number of rotatable bonds is 5. The van der Waals surface area contributed by atoms with Crippen molar-refractivity contribution in [1.82, 2.24) is 4.90 Å². The quantitative estimate of drug-likeness (QED) is 0.583. The molecule has 1 aliphatic heterocycles. The molecule has 1 saturated heterocycles. The Labute approximate surface area is 162 Å². The molecular weight excluding hydrogens is 379 g/mol. The molecule has 150 valence electrons. The smallest absolute Gasteiger partial charge is 0.410 e. The Hall–Kier alpha value is -1.41. The van der Waals surface area contributed by atoms with Crippen molar-refractivity contribution in [1.29, 1.82) is 0 Å². The summed E-state index contributed by atoms with van der Waals surface area (Å²) in [6.07, 6.45) is 5.31. The van der Waals surface area contributed by atoms with Gasteiger partial charge in [-0.3, -0.25) is 0 Å². The van der Waals surface area contributed by atoms with Crippen LogP contribution in [0.5, 0.6) is 0 Å². The van der Waals surface area contributed by atoms with E-state index in [1.165, 1.54) is 6.42 Å². The van der Waals surface area contributed by atoms with Crippen LogP contribution in [0.1, 0.15) is 44.1 Å². The van der Waals surface area contributed by atoms with Gasteiger partial charge < -0.3 is 14.4 Å². The van der Waals surface area contributed by atoms with Crippen LogP contribution in [0.15, 0.2) is 12.1 Å². The monoisotopic (exact) mass is 403 g/mol. The summed E-state index contributed by atoms with van der Waals surface area (Å²) in [5, 5.41) is 0.0116. The van der Waals surface area contributed by atoms with Gasteiger partial charge in [-0.05, 0) is 38.2 Å². The zero-order valence-corrected chi connectivity index (χ0v) is 15.9. The lowest BCUT2D eigenvalue weighted by molar-refractivity contribution is 0.0238. The normalized spacial score (nSPS) is 23.6. The summed E-state index contributed by atoms with van der Waals surface area (Å²) in [6.45, 7) is 0.403. The lowest BCUT2D eigenvalue weighted by atomic mass is 9.98. The van der Waals surface area contributed by atoms with Gasteiger partial charge in [0.25, 0.3) is 0 Å². The van der Waals surface area contributed by atoms with Crippen molar-refractivity contribution in [3.8, 4) is 0 Å². The van der Waals surface area contributed by atoms with Gasteiger partial charge in [0, 0.05) is 23.4 Å². The van der Waals surface area contributed by atoms with Crippen LogP contribution < -0.4 is 0 Å². The molecular formula is C19H24F3NO3S. The largest absolute Gasteiger partial charge is 0.446 e. The average Bonchev–Trinajstić information content (AvgIpc) is 3.01. The number of hydrogen-bond acceptors (Lipinski definition) is 4. The van der Waals surface area contributed by atoms with Crippen molar-refractivity contribution < 1.29 is 27.4 Å². The number of likely N-dealkylation sites (tertiary alicyclic amines) is 1. The first-order valence-electron chi connectivity index (χ1n) is 9.30. The first-order valence-corrected chi connectivity index (χ1v) is 9.82. The predicted octanol–water partition coefficient (Wildman–Crippen LogP) is 4.46. The minimum absolute atomic E-state index is 0.0116. The standard InChI is InChI=1S/C19H24F3NO3S/c20-16-8-18(22)17(21)6-12(16)10-25-11-13-7-15(27)9-23(13)19(24)26-14-4-2-1-3-5-14/h6,8,13-15,27H,1-5,7,9-11H2/t13-,15+/m0/s1. The highest BCUT2D eigenvalue weighted by Gasteiger charge is 2.36. The molecule has 0 radical (unpaired) electrons. The van der Waals surface area contributed by atoms with Gasteiger partial charge in [0.2, 0.25) is 0 Å². The van der Waals surface area contributed by atoms with Crippen LogP contribution in [-0.4, -0.2) is 41.5 Å². The Bertz CT molecular complexity index is 670. The second kappa shape index (κ2) is 9.19. The van der Waals surface area contributed by atoms with Gasteiger partial charge >= 0.3 is 6.09 Å².